The molecular formula is C7H11Br2N. The molecule has 0 N–H and O–H groups in total. The molecule has 0 aliphatic rings. The Balaban J connectivity index is 3.73. The van der Waals surface area contributed by atoms with E-state index in [0.717, 1.165) is 11.9 Å². The molecule has 0 saturated heterocycles. The van der Waals surface area contributed by atoms with Crippen LogP contribution in [0.4, 0.5) is 0 Å². The minimum atomic E-state index is 0.336. The molecule has 0 aliphatic carbocycles. The molecule has 0 aliphatic heterocycles. The van der Waals surface area contributed by atoms with Gasteiger partial charge in [0.25, 0.3) is 0 Å². The minimum absolute atomic E-state index is 0.336. The van der Waals surface area contributed by atoms with Crippen molar-refractivity contribution in [3.8, 4) is 0 Å². The largest absolute Gasteiger partial charge is 0.299 e. The van der Waals surface area contributed by atoms with E-state index >= 15 is 0 Å². The first-order chi connectivity index (χ1) is 4.70. The number of hydrogen-bond acceptors (Lipinski definition) is 1. The Morgan fingerprint density at radius 2 is 2.40 bits per heavy atom. The van der Waals surface area contributed by atoms with Gasteiger partial charge in [-0.05, 0) is 13.6 Å². The van der Waals surface area contributed by atoms with E-state index in [1.165, 1.54) is 5.57 Å². The maximum absolute atomic E-state index is 3.77. The van der Waals surface area contributed by atoms with Crippen LogP contribution in [-0.2, 0) is 0 Å². The first-order valence-corrected chi connectivity index (χ1v) is 5.04. The molecule has 0 saturated carbocycles. The smallest absolute Gasteiger partial charge is 0.0542 e. The number of alkyl halides is 2. The van der Waals surface area contributed by atoms with Gasteiger partial charge in [-0.1, -0.05) is 43.5 Å². The van der Waals surface area contributed by atoms with Crippen LogP contribution in [0.25, 0.3) is 0 Å². The lowest BCUT2D eigenvalue weighted by atomic mass is 10.3. The van der Waals surface area contributed by atoms with Crippen LogP contribution in [0.2, 0.25) is 0 Å². The van der Waals surface area contributed by atoms with E-state index < -0.39 is 0 Å². The molecule has 1 nitrogen and oxygen atoms in total. The summed E-state index contributed by atoms with van der Waals surface area (Å²) in [4.78, 5) is 4.10. The lowest BCUT2D eigenvalue weighted by Gasteiger charge is -2.00. The van der Waals surface area contributed by atoms with E-state index in [4.69, 9.17) is 0 Å². The van der Waals surface area contributed by atoms with Gasteiger partial charge >= 0.3 is 0 Å². The van der Waals surface area contributed by atoms with Crippen molar-refractivity contribution in [3.63, 3.8) is 0 Å². The quantitative estimate of drug-likeness (QED) is 0.422. The average molecular weight is 269 g/mol. The second-order valence-electron chi connectivity index (χ2n) is 2.07. The number of nitrogens with zero attached hydrogens (tertiary/aromatic N) is 1. The Labute approximate surface area is 78.9 Å². The zero-order valence-corrected chi connectivity index (χ0v) is 9.15. The molecule has 1 unspecified atom stereocenters. The maximum atomic E-state index is 3.77. The van der Waals surface area contributed by atoms with Crippen molar-refractivity contribution in [1.29, 1.82) is 0 Å². The SMILES string of the molecule is C=NCC(Br)/C=C(\C)CBr. The molecule has 0 aromatic carbocycles. The summed E-state index contributed by atoms with van der Waals surface area (Å²) in [7, 11) is 0. The molecule has 1 atom stereocenters. The van der Waals surface area contributed by atoms with Gasteiger partial charge in [0.1, 0.15) is 0 Å². The summed E-state index contributed by atoms with van der Waals surface area (Å²) in [5.41, 5.74) is 1.31. The summed E-state index contributed by atoms with van der Waals surface area (Å²) in [6.45, 7) is 6.23. The molecule has 0 fully saturated rings. The summed E-state index contributed by atoms with van der Waals surface area (Å²) in [6.07, 6.45) is 2.13. The van der Waals surface area contributed by atoms with Crippen LogP contribution in [0.5, 0.6) is 0 Å². The number of hydrogen-bond donors (Lipinski definition) is 0. The van der Waals surface area contributed by atoms with Crippen LogP contribution in [0.3, 0.4) is 0 Å². The monoisotopic (exact) mass is 267 g/mol. The van der Waals surface area contributed by atoms with Crippen LogP contribution in [0, 0.1) is 0 Å². The maximum Gasteiger partial charge on any atom is 0.0542 e. The molecular weight excluding hydrogens is 258 g/mol. The van der Waals surface area contributed by atoms with Gasteiger partial charge in [-0.3, -0.25) is 4.99 Å². The zero-order chi connectivity index (χ0) is 7.98. The summed E-state index contributed by atoms with van der Waals surface area (Å²) >= 11 is 6.81. The average Bonchev–Trinajstić information content (AvgIpc) is 1.88. The van der Waals surface area contributed by atoms with Gasteiger partial charge in [0, 0.05) is 5.33 Å². The van der Waals surface area contributed by atoms with Gasteiger partial charge in [-0.2, -0.15) is 0 Å². The third-order valence-electron chi connectivity index (χ3n) is 0.980. The second-order valence-corrected chi connectivity index (χ2v) is 3.81. The van der Waals surface area contributed by atoms with E-state index in [2.05, 4.69) is 56.6 Å². The molecule has 0 aromatic heterocycles. The van der Waals surface area contributed by atoms with Crippen molar-refractivity contribution < 1.29 is 0 Å². The van der Waals surface area contributed by atoms with Crippen LogP contribution in [0.1, 0.15) is 6.92 Å². The number of halogens is 2. The molecule has 0 bridgehead atoms. The van der Waals surface area contributed by atoms with Crippen molar-refractivity contribution in [2.45, 2.75) is 11.8 Å². The van der Waals surface area contributed by atoms with Crippen molar-refractivity contribution >= 4 is 38.6 Å². The number of rotatable bonds is 4. The Bertz CT molecular complexity index is 132. The van der Waals surface area contributed by atoms with E-state index in [1.54, 1.807) is 0 Å². The minimum Gasteiger partial charge on any atom is -0.299 e. The highest BCUT2D eigenvalue weighted by Gasteiger charge is 1.96. The van der Waals surface area contributed by atoms with Crippen molar-refractivity contribution in [2.24, 2.45) is 4.99 Å². The molecule has 3 heteroatoms. The Morgan fingerprint density at radius 1 is 1.80 bits per heavy atom. The van der Waals surface area contributed by atoms with Gasteiger partial charge in [0.05, 0.1) is 11.4 Å². The standard InChI is InChI=1S/C7H11Br2N/c1-6(4-8)3-7(9)5-10-2/h3,7H,2,4-5H2,1H3/b6-3+. The van der Waals surface area contributed by atoms with Gasteiger partial charge in [0.2, 0.25) is 0 Å². The van der Waals surface area contributed by atoms with Crippen LogP contribution >= 0.6 is 31.9 Å². The first kappa shape index (κ1) is 10.4. The zero-order valence-electron chi connectivity index (χ0n) is 5.98. The summed E-state index contributed by atoms with van der Waals surface area (Å²) in [5, 5.41) is 0.923. The number of allylic oxidation sites excluding steroid dienone is 1. The highest BCUT2D eigenvalue weighted by atomic mass is 79.9. The highest BCUT2D eigenvalue weighted by Crippen LogP contribution is 2.07. The lowest BCUT2D eigenvalue weighted by molar-refractivity contribution is 1.04. The van der Waals surface area contributed by atoms with E-state index in [0.29, 0.717) is 4.83 Å². The van der Waals surface area contributed by atoms with Gasteiger partial charge in [-0.25, -0.2) is 0 Å². The summed E-state index contributed by atoms with van der Waals surface area (Å²) in [6, 6.07) is 0. The third kappa shape index (κ3) is 5.18. The van der Waals surface area contributed by atoms with Crippen LogP contribution < -0.4 is 0 Å². The molecule has 0 heterocycles. The molecule has 0 rings (SSSR count). The Morgan fingerprint density at radius 3 is 2.80 bits per heavy atom. The highest BCUT2D eigenvalue weighted by molar-refractivity contribution is 9.09. The fourth-order valence-corrected chi connectivity index (χ4v) is 1.37. The summed E-state index contributed by atoms with van der Waals surface area (Å²) in [5.74, 6) is 0. The van der Waals surface area contributed by atoms with Crippen molar-refractivity contribution in [2.75, 3.05) is 11.9 Å². The predicted molar refractivity (Wildman–Crippen MR) is 54.7 cm³/mol. The first-order valence-electron chi connectivity index (χ1n) is 3.00. The van der Waals surface area contributed by atoms with Gasteiger partial charge < -0.3 is 0 Å². The van der Waals surface area contributed by atoms with Crippen molar-refractivity contribution in [3.05, 3.63) is 11.6 Å². The fraction of sp³-hybridized carbons (Fsp3) is 0.571. The molecule has 0 aromatic rings. The third-order valence-corrected chi connectivity index (χ3v) is 2.42. The Kier molecular flexibility index (Phi) is 6.33. The predicted octanol–water partition coefficient (Wildman–Crippen LogP) is 2.79. The fourth-order valence-electron chi connectivity index (χ4n) is 0.529. The molecule has 0 amide bonds. The molecule has 58 valence electrons. The van der Waals surface area contributed by atoms with Gasteiger partial charge in [0.15, 0.2) is 0 Å². The normalized spacial score (nSPS) is 14.9. The summed E-state index contributed by atoms with van der Waals surface area (Å²) < 4.78 is 0. The van der Waals surface area contributed by atoms with E-state index in [-0.39, 0.29) is 0 Å². The van der Waals surface area contributed by atoms with Crippen LogP contribution in [0.15, 0.2) is 16.6 Å². The lowest BCUT2D eigenvalue weighted by Crippen LogP contribution is -1.98. The van der Waals surface area contributed by atoms with E-state index in [1.807, 2.05) is 0 Å². The molecule has 10 heavy (non-hydrogen) atoms. The Hall–Kier alpha value is 0.370. The van der Waals surface area contributed by atoms with E-state index in [9.17, 15) is 0 Å². The van der Waals surface area contributed by atoms with Gasteiger partial charge in [-0.15, -0.1) is 0 Å². The van der Waals surface area contributed by atoms with Crippen molar-refractivity contribution in [1.82, 2.24) is 0 Å². The van der Waals surface area contributed by atoms with Crippen LogP contribution in [-0.4, -0.2) is 23.4 Å². The molecule has 0 radical (unpaired) electrons. The topological polar surface area (TPSA) is 12.4 Å². The second kappa shape index (κ2) is 6.10. The number of aliphatic imine (C=N–C) groups is 1. The molecule has 0 spiro atoms.